The van der Waals surface area contributed by atoms with Gasteiger partial charge in [0.05, 0.1) is 33.9 Å². The number of rotatable bonds is 9. The van der Waals surface area contributed by atoms with Gasteiger partial charge in [-0.3, -0.25) is 10.1 Å². The van der Waals surface area contributed by atoms with Gasteiger partial charge < -0.3 is 25.2 Å². The van der Waals surface area contributed by atoms with Crippen LogP contribution >= 0.6 is 22.9 Å². The molecule has 1 amide bonds. The first-order chi connectivity index (χ1) is 22.6. The van der Waals surface area contributed by atoms with Crippen LogP contribution in [0.5, 0.6) is 6.01 Å². The lowest BCUT2D eigenvalue weighted by atomic mass is 9.86. The van der Waals surface area contributed by atoms with Crippen LogP contribution in [0.15, 0.2) is 18.2 Å². The molecule has 10 rings (SSSR count). The van der Waals surface area contributed by atoms with Gasteiger partial charge >= 0.3 is 6.01 Å². The summed E-state index contributed by atoms with van der Waals surface area (Å²) in [6, 6.07) is 4.87. The molecular formula is C33H35ClF2N8O2S. The molecule has 2 saturated carbocycles. The van der Waals surface area contributed by atoms with Crippen molar-refractivity contribution >= 4 is 60.9 Å². The molecule has 6 heterocycles. The van der Waals surface area contributed by atoms with Crippen LogP contribution in [0.2, 0.25) is 5.02 Å². The number of amides is 1. The highest BCUT2D eigenvalue weighted by molar-refractivity contribution is 7.22. The molecule has 4 aromatic rings. The molecule has 2 unspecified atom stereocenters. The molecule has 2 aliphatic carbocycles. The molecule has 0 spiro atoms. The number of piperidine rings is 1. The first-order valence-electron chi connectivity index (χ1n) is 16.2. The largest absolute Gasteiger partial charge is 0.463 e. The van der Waals surface area contributed by atoms with Gasteiger partial charge in [-0.25, -0.2) is 13.8 Å². The van der Waals surface area contributed by atoms with E-state index in [4.69, 9.17) is 27.1 Å². The predicted octanol–water partition coefficient (Wildman–Crippen LogP) is 4.68. The number of benzene rings is 2. The highest BCUT2D eigenvalue weighted by atomic mass is 35.5. The number of aromatic nitrogens is 3. The number of carbonyl (C=O) groups excluding carboxylic acids is 1. The molecule has 246 valence electrons. The number of carbonyl (C=O) groups is 1. The number of nitrogens with two attached hydrogens (primary N) is 1. The van der Waals surface area contributed by atoms with Crippen LogP contribution in [0.1, 0.15) is 32.1 Å². The van der Waals surface area contributed by atoms with Gasteiger partial charge in [0.15, 0.2) is 10.9 Å². The van der Waals surface area contributed by atoms with Crippen LogP contribution in [0.4, 0.5) is 19.7 Å². The van der Waals surface area contributed by atoms with Gasteiger partial charge in [0.25, 0.3) is 0 Å². The van der Waals surface area contributed by atoms with E-state index in [9.17, 15) is 9.18 Å². The lowest BCUT2D eigenvalue weighted by molar-refractivity contribution is -0.145. The molecule has 6 fully saturated rings. The molecule has 10 nitrogen and oxygen atoms in total. The van der Waals surface area contributed by atoms with Gasteiger partial charge in [-0.15, -0.1) is 0 Å². The Labute approximate surface area is 279 Å². The molecular weight excluding hydrogens is 646 g/mol. The Morgan fingerprint density at radius 1 is 1.17 bits per heavy atom. The fraction of sp³-hybridized carbons (Fsp3) is 0.515. The summed E-state index contributed by atoms with van der Waals surface area (Å²) in [4.78, 5) is 33.4. The number of piperazine rings is 1. The van der Waals surface area contributed by atoms with Gasteiger partial charge in [0, 0.05) is 47.6 Å². The number of nitrogens with one attached hydrogen (secondary N) is 1. The van der Waals surface area contributed by atoms with E-state index in [1.807, 2.05) is 19.0 Å². The first-order valence-corrected chi connectivity index (χ1v) is 17.4. The fourth-order valence-corrected chi connectivity index (χ4v) is 8.92. The Balaban J connectivity index is 1.09. The first kappa shape index (κ1) is 29.7. The van der Waals surface area contributed by atoms with E-state index in [0.29, 0.717) is 48.4 Å². The molecule has 47 heavy (non-hydrogen) atoms. The third kappa shape index (κ3) is 4.99. The van der Waals surface area contributed by atoms with Crippen molar-refractivity contribution in [3.63, 3.8) is 0 Å². The van der Waals surface area contributed by atoms with E-state index in [1.165, 1.54) is 25.0 Å². The maximum Gasteiger partial charge on any atom is 0.319 e. The summed E-state index contributed by atoms with van der Waals surface area (Å²) in [6.45, 7) is 2.42. The minimum Gasteiger partial charge on any atom is -0.463 e. The Hall–Kier alpha value is -3.39. The van der Waals surface area contributed by atoms with Crippen molar-refractivity contribution in [2.45, 2.75) is 56.3 Å². The highest BCUT2D eigenvalue weighted by Gasteiger charge is 2.57. The van der Waals surface area contributed by atoms with Crippen molar-refractivity contribution in [3.05, 3.63) is 34.9 Å². The zero-order chi connectivity index (χ0) is 32.4. The number of nitrogen functional groups attached to an aromatic ring is 1. The summed E-state index contributed by atoms with van der Waals surface area (Å²) in [5.41, 5.74) is 6.64. The summed E-state index contributed by atoms with van der Waals surface area (Å²) in [7, 11) is 4.07. The topological polar surface area (TPSA) is 123 Å². The number of nitrogens with zero attached hydrogens (tertiary/aromatic N) is 6. The Morgan fingerprint density at radius 2 is 1.94 bits per heavy atom. The standard InChI is InChI=1S/C33H35ClF2N8O2S/c1-42(2)13-33(7-8-33)14-46-32-40-25-19(10-20(34)22(23(25)36)18-5-6-21(35)28-26(18)39-31(37)47-28)29(41-32)43-11-16-9-17(12-43)44(16)30(45)27-24(38-27)15-3-4-15/h5-6,10,15-17,24,27,38H,3-4,7-9,11-14H2,1-2H3,(H2,37,39)/t16?,17?,24-,27-/m0/s1. The zero-order valence-electron chi connectivity index (χ0n) is 26.1. The van der Waals surface area contributed by atoms with Gasteiger partial charge in [-0.05, 0) is 70.3 Å². The molecule has 4 atom stereocenters. The Bertz CT molecular complexity index is 1950. The number of thiazole rings is 1. The minimum atomic E-state index is -0.667. The number of hydrogen-bond acceptors (Lipinski definition) is 10. The van der Waals surface area contributed by atoms with Crippen LogP contribution in [0, 0.1) is 23.0 Å². The summed E-state index contributed by atoms with van der Waals surface area (Å²) in [5, 5.41) is 4.15. The van der Waals surface area contributed by atoms with Crippen molar-refractivity contribution in [2.24, 2.45) is 11.3 Å². The van der Waals surface area contributed by atoms with Crippen LogP contribution in [0.3, 0.4) is 0 Å². The molecule has 3 N–H and O–H groups in total. The van der Waals surface area contributed by atoms with Crippen molar-refractivity contribution in [3.8, 4) is 17.1 Å². The maximum atomic E-state index is 16.8. The monoisotopic (exact) mass is 680 g/mol. The van der Waals surface area contributed by atoms with E-state index in [-0.39, 0.29) is 66.9 Å². The van der Waals surface area contributed by atoms with E-state index >= 15 is 4.39 Å². The zero-order valence-corrected chi connectivity index (χ0v) is 27.7. The molecule has 14 heteroatoms. The number of anilines is 2. The second kappa shape index (κ2) is 10.6. The molecule has 2 aromatic carbocycles. The van der Waals surface area contributed by atoms with Gasteiger partial charge in [0.1, 0.15) is 23.2 Å². The van der Waals surface area contributed by atoms with Gasteiger partial charge in [0.2, 0.25) is 5.91 Å². The average Bonchev–Trinajstić information content (AvgIpc) is 3.91. The number of halogens is 3. The van der Waals surface area contributed by atoms with Crippen LogP contribution in [-0.2, 0) is 4.79 Å². The van der Waals surface area contributed by atoms with Crippen LogP contribution in [0.25, 0.3) is 32.2 Å². The lowest BCUT2D eigenvalue weighted by Crippen LogP contribution is -2.71. The predicted molar refractivity (Wildman–Crippen MR) is 178 cm³/mol. The second-order valence-corrected chi connectivity index (χ2v) is 15.8. The second-order valence-electron chi connectivity index (χ2n) is 14.3. The summed E-state index contributed by atoms with van der Waals surface area (Å²) >= 11 is 7.85. The Kier molecular flexibility index (Phi) is 6.67. The molecule has 2 bridgehead atoms. The average molecular weight is 681 g/mol. The quantitative estimate of drug-likeness (QED) is 0.243. The van der Waals surface area contributed by atoms with E-state index in [2.05, 4.69) is 25.1 Å². The van der Waals surface area contributed by atoms with Gasteiger partial charge in [-0.2, -0.15) is 9.97 Å². The van der Waals surface area contributed by atoms with Crippen LogP contribution < -0.4 is 20.7 Å². The normalized spacial score (nSPS) is 25.8. The minimum absolute atomic E-state index is 0.0126. The highest BCUT2D eigenvalue weighted by Crippen LogP contribution is 2.48. The third-order valence-corrected chi connectivity index (χ3v) is 11.7. The summed E-state index contributed by atoms with van der Waals surface area (Å²) in [6.07, 6.45) is 5.41. The van der Waals surface area contributed by atoms with Crippen molar-refractivity contribution in [1.29, 1.82) is 0 Å². The van der Waals surface area contributed by atoms with E-state index < -0.39 is 11.6 Å². The molecule has 2 aromatic heterocycles. The SMILES string of the molecule is CN(C)CC1(COc2nc(N3CC4CC(C3)N4C(=O)[C@H]3N[C@H]3C3CC3)c3cc(Cl)c(-c4ccc(F)c5sc(N)nc45)c(F)c3n2)CC1. The number of ether oxygens (including phenoxy) is 1. The molecule has 4 saturated heterocycles. The smallest absolute Gasteiger partial charge is 0.319 e. The summed E-state index contributed by atoms with van der Waals surface area (Å²) < 4.78 is 38.0. The number of hydrogen-bond donors (Lipinski definition) is 2. The van der Waals surface area contributed by atoms with E-state index in [1.54, 1.807) is 6.07 Å². The van der Waals surface area contributed by atoms with Crippen molar-refractivity contribution in [2.75, 3.05) is 51.0 Å². The molecule has 0 radical (unpaired) electrons. The Morgan fingerprint density at radius 3 is 2.64 bits per heavy atom. The molecule has 6 aliphatic rings. The summed E-state index contributed by atoms with van der Waals surface area (Å²) in [5.74, 6) is 0.211. The van der Waals surface area contributed by atoms with Crippen molar-refractivity contribution in [1.82, 2.24) is 30.1 Å². The van der Waals surface area contributed by atoms with Crippen LogP contribution in [-0.4, -0.2) is 95.2 Å². The van der Waals surface area contributed by atoms with E-state index in [0.717, 1.165) is 37.1 Å². The number of fused-ring (bicyclic) bond motifs is 4. The third-order valence-electron chi connectivity index (χ3n) is 10.5. The lowest BCUT2D eigenvalue weighted by Gasteiger charge is -2.56. The van der Waals surface area contributed by atoms with Crippen molar-refractivity contribution < 1.29 is 18.3 Å². The fourth-order valence-electron chi connectivity index (χ4n) is 7.86. The molecule has 4 aliphatic heterocycles. The van der Waals surface area contributed by atoms with Gasteiger partial charge in [-0.1, -0.05) is 22.9 Å². The maximum absolute atomic E-state index is 16.8.